The van der Waals surface area contributed by atoms with Crippen molar-refractivity contribution in [2.45, 2.75) is 52.2 Å². The van der Waals surface area contributed by atoms with Gasteiger partial charge in [0.05, 0.1) is 13.2 Å². The van der Waals surface area contributed by atoms with Gasteiger partial charge in [-0.3, -0.25) is 4.79 Å². The van der Waals surface area contributed by atoms with Crippen LogP contribution in [-0.4, -0.2) is 54.7 Å². The summed E-state index contributed by atoms with van der Waals surface area (Å²) in [7, 11) is 1.33. The lowest BCUT2D eigenvalue weighted by atomic mass is 9.87. The number of ketones is 1. The highest BCUT2D eigenvalue weighted by molar-refractivity contribution is 6.04. The fourth-order valence-corrected chi connectivity index (χ4v) is 4.91. The topological polar surface area (TPSA) is 177 Å². The van der Waals surface area contributed by atoms with Crippen LogP contribution < -0.4 is 9.47 Å². The molecule has 0 bridgehead atoms. The van der Waals surface area contributed by atoms with Crippen molar-refractivity contribution < 1.29 is 50.0 Å². The van der Waals surface area contributed by atoms with E-state index in [2.05, 4.69) is 0 Å². The zero-order valence-corrected chi connectivity index (χ0v) is 22.0. The summed E-state index contributed by atoms with van der Waals surface area (Å²) in [6.45, 7) is 5.08. The summed E-state index contributed by atoms with van der Waals surface area (Å²) in [5.41, 5.74) is 0.673. The molecule has 0 fully saturated rings. The molecule has 0 saturated carbocycles. The molecule has 3 unspecified atom stereocenters. The normalized spacial score (nSPS) is 17.3. The van der Waals surface area contributed by atoms with Crippen LogP contribution in [0.15, 0.2) is 24.3 Å². The molecule has 3 atom stereocenters. The van der Waals surface area contributed by atoms with E-state index >= 15 is 0 Å². The summed E-state index contributed by atoms with van der Waals surface area (Å²) < 4.78 is 11.4. The Morgan fingerprint density at radius 3 is 2.31 bits per heavy atom. The van der Waals surface area contributed by atoms with E-state index in [0.717, 1.165) is 6.07 Å². The number of rotatable bonds is 7. The van der Waals surface area contributed by atoms with Crippen molar-refractivity contribution in [2.75, 3.05) is 7.11 Å². The average Bonchev–Trinajstić information content (AvgIpc) is 2.90. The number of aliphatic hydroxyl groups excluding tert-OH is 1. The standard InChI is InChI=1S/C29H32O10/c1-5-12(2)24(35)23-26(37)17(25(36)13(3)27(23)38-4)9-15-19(31)11-20(32)16-10-22(34)28(39-29(15)16)14-6-7-18(30)21(33)8-14/h6-8,11-12,22,28,30-34,36-37H,5,9-10H2,1-4H3. The lowest BCUT2D eigenvalue weighted by Crippen LogP contribution is -2.31. The van der Waals surface area contributed by atoms with Crippen molar-refractivity contribution in [2.24, 2.45) is 5.92 Å². The second-order valence-electron chi connectivity index (χ2n) is 9.82. The van der Waals surface area contributed by atoms with Crippen LogP contribution in [0.4, 0.5) is 0 Å². The van der Waals surface area contributed by atoms with Crippen molar-refractivity contribution in [3.63, 3.8) is 0 Å². The van der Waals surface area contributed by atoms with E-state index in [4.69, 9.17) is 9.47 Å². The van der Waals surface area contributed by atoms with E-state index < -0.39 is 35.4 Å². The lowest BCUT2D eigenvalue weighted by Gasteiger charge is -2.33. The molecule has 0 radical (unpaired) electrons. The number of hydrogen-bond donors (Lipinski definition) is 7. The number of aromatic hydroxyl groups is 6. The molecule has 4 rings (SSSR count). The highest BCUT2D eigenvalue weighted by Gasteiger charge is 2.36. The smallest absolute Gasteiger partial charge is 0.173 e. The molecule has 1 aliphatic heterocycles. The molecule has 1 heterocycles. The first-order chi connectivity index (χ1) is 18.4. The fraction of sp³-hybridized carbons (Fsp3) is 0.345. The molecular formula is C29H32O10. The highest BCUT2D eigenvalue weighted by atomic mass is 16.5. The van der Waals surface area contributed by atoms with Crippen LogP contribution in [0.3, 0.4) is 0 Å². The van der Waals surface area contributed by atoms with Crippen LogP contribution in [0.5, 0.6) is 46.0 Å². The summed E-state index contributed by atoms with van der Waals surface area (Å²) in [5, 5.41) is 74.0. The largest absolute Gasteiger partial charge is 0.507 e. The van der Waals surface area contributed by atoms with Gasteiger partial charge in [0.2, 0.25) is 0 Å². The predicted octanol–water partition coefficient (Wildman–Crippen LogP) is 4.09. The summed E-state index contributed by atoms with van der Waals surface area (Å²) in [5.74, 6) is -3.12. The second kappa shape index (κ2) is 10.5. The maximum atomic E-state index is 13.2. The zero-order valence-electron chi connectivity index (χ0n) is 22.0. The van der Waals surface area contributed by atoms with Gasteiger partial charge in [-0.05, 0) is 31.0 Å². The molecule has 3 aromatic rings. The summed E-state index contributed by atoms with van der Waals surface area (Å²) in [6, 6.07) is 5.00. The number of phenols is 6. The number of phenolic OH excluding ortho intramolecular Hbond substituents is 6. The molecule has 0 aromatic heterocycles. The SMILES string of the molecule is CCC(C)C(=O)c1c(O)c(Cc2c(O)cc(O)c3c2OC(c2ccc(O)c(O)c2)C(O)C3)c(O)c(C)c1OC. The molecule has 208 valence electrons. The van der Waals surface area contributed by atoms with Gasteiger partial charge in [-0.2, -0.15) is 0 Å². The first-order valence-corrected chi connectivity index (χ1v) is 12.5. The Morgan fingerprint density at radius 2 is 1.69 bits per heavy atom. The van der Waals surface area contributed by atoms with Crippen molar-refractivity contribution >= 4 is 5.78 Å². The molecule has 0 aliphatic carbocycles. The van der Waals surface area contributed by atoms with E-state index in [1.807, 2.05) is 6.92 Å². The van der Waals surface area contributed by atoms with Gasteiger partial charge in [0.25, 0.3) is 0 Å². The Balaban J connectivity index is 1.87. The van der Waals surface area contributed by atoms with E-state index in [1.54, 1.807) is 6.92 Å². The van der Waals surface area contributed by atoms with Crippen LogP contribution in [0.1, 0.15) is 64.5 Å². The molecule has 10 nitrogen and oxygen atoms in total. The molecule has 3 aromatic carbocycles. The maximum Gasteiger partial charge on any atom is 0.173 e. The molecule has 1 aliphatic rings. The lowest BCUT2D eigenvalue weighted by molar-refractivity contribution is 0.0190. The predicted molar refractivity (Wildman–Crippen MR) is 140 cm³/mol. The molecular weight excluding hydrogens is 508 g/mol. The van der Waals surface area contributed by atoms with Gasteiger partial charge in [-0.15, -0.1) is 0 Å². The number of ether oxygens (including phenoxy) is 2. The van der Waals surface area contributed by atoms with E-state index in [9.17, 15) is 40.5 Å². The van der Waals surface area contributed by atoms with Gasteiger partial charge < -0.3 is 45.2 Å². The third kappa shape index (κ3) is 4.72. The molecule has 0 amide bonds. The van der Waals surface area contributed by atoms with Gasteiger partial charge in [-0.25, -0.2) is 0 Å². The number of hydrogen-bond acceptors (Lipinski definition) is 10. The summed E-state index contributed by atoms with van der Waals surface area (Å²) in [6.07, 6.45) is -2.09. The van der Waals surface area contributed by atoms with Crippen molar-refractivity contribution in [3.8, 4) is 46.0 Å². The minimum Gasteiger partial charge on any atom is -0.507 e. The van der Waals surface area contributed by atoms with Crippen LogP contribution >= 0.6 is 0 Å². The first-order valence-electron chi connectivity index (χ1n) is 12.5. The van der Waals surface area contributed by atoms with Crippen LogP contribution in [0.25, 0.3) is 0 Å². The van der Waals surface area contributed by atoms with E-state index in [0.29, 0.717) is 12.0 Å². The van der Waals surface area contributed by atoms with Crippen molar-refractivity contribution in [3.05, 3.63) is 57.6 Å². The molecule has 39 heavy (non-hydrogen) atoms. The number of benzene rings is 3. The minimum atomic E-state index is -1.16. The third-order valence-electron chi connectivity index (χ3n) is 7.37. The van der Waals surface area contributed by atoms with Gasteiger partial charge >= 0.3 is 0 Å². The van der Waals surface area contributed by atoms with Gasteiger partial charge in [-0.1, -0.05) is 19.9 Å². The van der Waals surface area contributed by atoms with Crippen LogP contribution in [0, 0.1) is 12.8 Å². The minimum absolute atomic E-state index is 0.0115. The highest BCUT2D eigenvalue weighted by Crippen LogP contribution is 2.50. The average molecular weight is 541 g/mol. The third-order valence-corrected chi connectivity index (χ3v) is 7.37. The van der Waals surface area contributed by atoms with E-state index in [1.165, 1.54) is 32.2 Å². The van der Waals surface area contributed by atoms with Gasteiger partial charge in [0, 0.05) is 47.1 Å². The monoisotopic (exact) mass is 540 g/mol. The Labute approximate surface area is 225 Å². The van der Waals surface area contributed by atoms with Crippen molar-refractivity contribution in [1.82, 2.24) is 0 Å². The maximum absolute atomic E-state index is 13.2. The van der Waals surface area contributed by atoms with Crippen molar-refractivity contribution in [1.29, 1.82) is 0 Å². The Bertz CT molecular complexity index is 1450. The number of Topliss-reactive ketones (excluding diaryl/α,β-unsaturated/α-hetero) is 1. The molecule has 0 saturated heterocycles. The van der Waals surface area contributed by atoms with Crippen LogP contribution in [-0.2, 0) is 12.8 Å². The Kier molecular flexibility index (Phi) is 7.43. The quantitative estimate of drug-likeness (QED) is 0.171. The summed E-state index contributed by atoms with van der Waals surface area (Å²) in [4.78, 5) is 13.2. The molecule has 10 heteroatoms. The van der Waals surface area contributed by atoms with Crippen LogP contribution in [0.2, 0.25) is 0 Å². The number of carbonyl (C=O) groups excluding carboxylic acids is 1. The van der Waals surface area contributed by atoms with Gasteiger partial charge in [0.15, 0.2) is 17.3 Å². The van der Waals surface area contributed by atoms with Gasteiger partial charge in [0.1, 0.15) is 46.2 Å². The fourth-order valence-electron chi connectivity index (χ4n) is 4.91. The number of methoxy groups -OCH3 is 1. The molecule has 7 N–H and O–H groups in total. The number of carbonyl (C=O) groups is 1. The summed E-state index contributed by atoms with van der Waals surface area (Å²) >= 11 is 0. The number of fused-ring (bicyclic) bond motifs is 1. The van der Waals surface area contributed by atoms with E-state index in [-0.39, 0.29) is 75.2 Å². The Morgan fingerprint density at radius 1 is 1.00 bits per heavy atom. The second-order valence-corrected chi connectivity index (χ2v) is 9.82. The Hall–Kier alpha value is -4.31. The first kappa shape index (κ1) is 27.7. The zero-order chi connectivity index (χ0) is 28.8. The molecule has 0 spiro atoms. The number of aliphatic hydroxyl groups is 1.